The van der Waals surface area contributed by atoms with Crippen molar-refractivity contribution >= 4 is 23.5 Å². The Morgan fingerprint density at radius 2 is 1.92 bits per heavy atom. The second-order valence-electron chi connectivity index (χ2n) is 2.01. The van der Waals surface area contributed by atoms with Crippen LogP contribution in [0.3, 0.4) is 0 Å². The molecular formula is C6H3ClN2O4. The van der Waals surface area contributed by atoms with Crippen molar-refractivity contribution in [2.45, 2.75) is 0 Å². The zero-order valence-corrected chi connectivity index (χ0v) is 6.82. The molecule has 1 heterocycles. The SMILES string of the molecule is O=C(O)c1cnc(Cl)nc1C(=O)O. The van der Waals surface area contributed by atoms with Crippen LogP contribution in [0.4, 0.5) is 0 Å². The molecular weight excluding hydrogens is 200 g/mol. The summed E-state index contributed by atoms with van der Waals surface area (Å²) in [7, 11) is 0. The van der Waals surface area contributed by atoms with Gasteiger partial charge in [-0.2, -0.15) is 0 Å². The number of carboxylic acids is 2. The van der Waals surface area contributed by atoms with E-state index in [1.54, 1.807) is 0 Å². The zero-order valence-electron chi connectivity index (χ0n) is 6.06. The van der Waals surface area contributed by atoms with E-state index in [1.807, 2.05) is 0 Å². The van der Waals surface area contributed by atoms with Crippen LogP contribution >= 0.6 is 11.6 Å². The lowest BCUT2D eigenvalue weighted by Crippen LogP contribution is -2.11. The largest absolute Gasteiger partial charge is 0.478 e. The Morgan fingerprint density at radius 1 is 1.31 bits per heavy atom. The van der Waals surface area contributed by atoms with E-state index in [0.29, 0.717) is 0 Å². The Morgan fingerprint density at radius 3 is 2.38 bits per heavy atom. The summed E-state index contributed by atoms with van der Waals surface area (Å²) in [4.78, 5) is 27.5. The highest BCUT2D eigenvalue weighted by Crippen LogP contribution is 2.08. The Balaban J connectivity index is 3.35. The average molecular weight is 203 g/mol. The van der Waals surface area contributed by atoms with Gasteiger partial charge in [0.1, 0.15) is 5.56 Å². The fourth-order valence-electron chi connectivity index (χ4n) is 0.680. The second-order valence-corrected chi connectivity index (χ2v) is 2.35. The standard InChI is InChI=1S/C6H3ClN2O4/c7-6-8-1-2(4(10)11)3(9-6)5(12)13/h1H,(H,10,11)(H,12,13). The van der Waals surface area contributed by atoms with Crippen molar-refractivity contribution < 1.29 is 19.8 Å². The summed E-state index contributed by atoms with van der Waals surface area (Å²) >= 11 is 5.29. The molecule has 0 radical (unpaired) electrons. The van der Waals surface area contributed by atoms with Crippen LogP contribution in [0.5, 0.6) is 0 Å². The summed E-state index contributed by atoms with van der Waals surface area (Å²) in [5.74, 6) is -2.87. The van der Waals surface area contributed by atoms with Gasteiger partial charge < -0.3 is 10.2 Å². The molecule has 6 nitrogen and oxygen atoms in total. The summed E-state index contributed by atoms with van der Waals surface area (Å²) in [6.07, 6.45) is 0.848. The first kappa shape index (κ1) is 9.40. The summed E-state index contributed by atoms with van der Waals surface area (Å²) < 4.78 is 0. The first-order chi connectivity index (χ1) is 6.02. The monoisotopic (exact) mass is 202 g/mol. The predicted octanol–water partition coefficient (Wildman–Crippen LogP) is 0.526. The molecule has 0 atom stereocenters. The quantitative estimate of drug-likeness (QED) is 0.679. The molecule has 0 aliphatic carbocycles. The van der Waals surface area contributed by atoms with Crippen molar-refractivity contribution in [3.63, 3.8) is 0 Å². The molecule has 0 saturated carbocycles. The van der Waals surface area contributed by atoms with Crippen LogP contribution in [0.1, 0.15) is 20.8 Å². The van der Waals surface area contributed by atoms with Crippen molar-refractivity contribution in [2.24, 2.45) is 0 Å². The molecule has 0 amide bonds. The third-order valence-electron chi connectivity index (χ3n) is 1.19. The molecule has 0 aliphatic rings. The fourth-order valence-corrected chi connectivity index (χ4v) is 0.813. The van der Waals surface area contributed by atoms with Crippen LogP contribution in [0.25, 0.3) is 0 Å². The minimum Gasteiger partial charge on any atom is -0.478 e. The molecule has 0 fully saturated rings. The van der Waals surface area contributed by atoms with Crippen LogP contribution in [0, 0.1) is 0 Å². The topological polar surface area (TPSA) is 100 Å². The highest BCUT2D eigenvalue weighted by atomic mass is 35.5. The van der Waals surface area contributed by atoms with Gasteiger partial charge in [0.25, 0.3) is 0 Å². The fraction of sp³-hybridized carbons (Fsp3) is 0. The van der Waals surface area contributed by atoms with Gasteiger partial charge in [-0.15, -0.1) is 0 Å². The van der Waals surface area contributed by atoms with E-state index >= 15 is 0 Å². The van der Waals surface area contributed by atoms with Gasteiger partial charge in [0.2, 0.25) is 5.28 Å². The summed E-state index contributed by atoms with van der Waals surface area (Å²) in [6, 6.07) is 0. The van der Waals surface area contributed by atoms with Crippen LogP contribution in [0.15, 0.2) is 6.20 Å². The molecule has 2 N–H and O–H groups in total. The first-order valence-corrected chi connectivity index (χ1v) is 3.39. The lowest BCUT2D eigenvalue weighted by molar-refractivity contribution is 0.0645. The number of aromatic carboxylic acids is 2. The maximum atomic E-state index is 10.5. The first-order valence-electron chi connectivity index (χ1n) is 3.01. The third-order valence-corrected chi connectivity index (χ3v) is 1.37. The van der Waals surface area contributed by atoms with Gasteiger partial charge >= 0.3 is 11.9 Å². The van der Waals surface area contributed by atoms with Crippen molar-refractivity contribution in [1.82, 2.24) is 9.97 Å². The number of nitrogens with zero attached hydrogens (tertiary/aromatic N) is 2. The summed E-state index contributed by atoms with van der Waals surface area (Å²) in [5, 5.41) is 16.7. The maximum Gasteiger partial charge on any atom is 0.355 e. The average Bonchev–Trinajstić information content (AvgIpc) is 2.03. The number of aromatic nitrogens is 2. The molecule has 68 valence electrons. The van der Waals surface area contributed by atoms with Gasteiger partial charge in [0.05, 0.1) is 0 Å². The van der Waals surface area contributed by atoms with Crippen molar-refractivity contribution in [3.05, 3.63) is 22.7 Å². The van der Waals surface area contributed by atoms with Crippen LogP contribution < -0.4 is 0 Å². The molecule has 7 heteroatoms. The van der Waals surface area contributed by atoms with E-state index in [9.17, 15) is 9.59 Å². The number of rotatable bonds is 2. The Hall–Kier alpha value is -1.69. The number of carbonyl (C=O) groups is 2. The lowest BCUT2D eigenvalue weighted by Gasteiger charge is -1.98. The summed E-state index contributed by atoms with van der Waals surface area (Å²) in [5.41, 5.74) is -1.11. The highest BCUT2D eigenvalue weighted by molar-refractivity contribution is 6.28. The smallest absolute Gasteiger partial charge is 0.355 e. The lowest BCUT2D eigenvalue weighted by atomic mass is 10.2. The van der Waals surface area contributed by atoms with Gasteiger partial charge in [-0.25, -0.2) is 19.6 Å². The van der Waals surface area contributed by atoms with E-state index < -0.39 is 23.2 Å². The van der Waals surface area contributed by atoms with Gasteiger partial charge in [-0.1, -0.05) is 0 Å². The van der Waals surface area contributed by atoms with Gasteiger partial charge in [0.15, 0.2) is 5.69 Å². The van der Waals surface area contributed by atoms with Gasteiger partial charge in [-0.05, 0) is 11.6 Å². The highest BCUT2D eigenvalue weighted by Gasteiger charge is 2.18. The molecule has 1 aromatic rings. The van der Waals surface area contributed by atoms with Crippen LogP contribution in [0.2, 0.25) is 5.28 Å². The zero-order chi connectivity index (χ0) is 10.0. The number of halogens is 1. The minimum absolute atomic E-state index is 0.303. The Bertz CT molecular complexity index is 379. The third kappa shape index (κ3) is 1.91. The molecule has 0 aliphatic heterocycles. The number of hydrogen-bond acceptors (Lipinski definition) is 4. The molecule has 0 aromatic carbocycles. The van der Waals surface area contributed by atoms with Crippen molar-refractivity contribution in [2.75, 3.05) is 0 Å². The van der Waals surface area contributed by atoms with Gasteiger partial charge in [0, 0.05) is 6.20 Å². The molecule has 1 rings (SSSR count). The van der Waals surface area contributed by atoms with E-state index in [1.165, 1.54) is 0 Å². The Labute approximate surface area is 76.8 Å². The molecule has 0 unspecified atom stereocenters. The second kappa shape index (κ2) is 3.36. The molecule has 0 bridgehead atoms. The van der Waals surface area contributed by atoms with Crippen molar-refractivity contribution in [3.8, 4) is 0 Å². The Kier molecular flexibility index (Phi) is 2.43. The minimum atomic E-state index is -1.46. The molecule has 1 aromatic heterocycles. The van der Waals surface area contributed by atoms with Gasteiger partial charge in [-0.3, -0.25) is 0 Å². The molecule has 13 heavy (non-hydrogen) atoms. The predicted molar refractivity (Wildman–Crippen MR) is 41.0 cm³/mol. The van der Waals surface area contributed by atoms with Crippen molar-refractivity contribution in [1.29, 1.82) is 0 Å². The normalized spacial score (nSPS) is 9.62. The van der Waals surface area contributed by atoms with E-state index in [2.05, 4.69) is 9.97 Å². The maximum absolute atomic E-state index is 10.5. The molecule has 0 spiro atoms. The van der Waals surface area contributed by atoms with Crippen LogP contribution in [-0.4, -0.2) is 32.1 Å². The van der Waals surface area contributed by atoms with E-state index in [4.69, 9.17) is 21.8 Å². The summed E-state index contributed by atoms with van der Waals surface area (Å²) in [6.45, 7) is 0. The van der Waals surface area contributed by atoms with E-state index in [0.717, 1.165) is 6.20 Å². The number of hydrogen-bond donors (Lipinski definition) is 2. The number of carboxylic acid groups (broad SMARTS) is 2. The van der Waals surface area contributed by atoms with Crippen LogP contribution in [-0.2, 0) is 0 Å². The molecule has 0 saturated heterocycles. The van der Waals surface area contributed by atoms with E-state index in [-0.39, 0.29) is 5.28 Å².